The summed E-state index contributed by atoms with van der Waals surface area (Å²) in [5, 5.41) is 0. The first-order valence-electron chi connectivity index (χ1n) is 6.04. The highest BCUT2D eigenvalue weighted by molar-refractivity contribution is 5.73. The topological polar surface area (TPSA) is 29.0 Å². The fraction of sp³-hybridized carbons (Fsp3) is 0. The second kappa shape index (κ2) is 5.31. The van der Waals surface area contributed by atoms with Crippen molar-refractivity contribution in [2.24, 2.45) is 0 Å². The minimum absolute atomic E-state index is 0.799. The molecule has 0 atom stereocenters. The van der Waals surface area contributed by atoms with E-state index in [1.54, 1.807) is 6.20 Å². The summed E-state index contributed by atoms with van der Waals surface area (Å²) in [6, 6.07) is 22.1. The van der Waals surface area contributed by atoms with Gasteiger partial charge in [0.25, 0.3) is 0 Å². The SMILES string of the molecule is [c]1nccc(N(c2ccccc2)c2ccccc2)n1. The van der Waals surface area contributed by atoms with E-state index in [4.69, 9.17) is 0 Å². The predicted octanol–water partition coefficient (Wildman–Crippen LogP) is 3.75. The third-order valence-corrected chi connectivity index (χ3v) is 2.78. The van der Waals surface area contributed by atoms with Gasteiger partial charge in [-0.15, -0.1) is 0 Å². The molecule has 0 bridgehead atoms. The Balaban J connectivity index is 2.12. The molecule has 3 heteroatoms. The van der Waals surface area contributed by atoms with Crippen molar-refractivity contribution in [1.29, 1.82) is 0 Å². The number of nitrogens with zero attached hydrogens (tertiary/aromatic N) is 3. The van der Waals surface area contributed by atoms with E-state index in [1.165, 1.54) is 0 Å². The van der Waals surface area contributed by atoms with Crippen molar-refractivity contribution in [2.45, 2.75) is 0 Å². The first-order valence-corrected chi connectivity index (χ1v) is 6.04. The van der Waals surface area contributed by atoms with Crippen LogP contribution in [0, 0.1) is 6.33 Å². The maximum absolute atomic E-state index is 4.22. The second-order valence-electron chi connectivity index (χ2n) is 4.02. The summed E-state index contributed by atoms with van der Waals surface area (Å²) in [5.74, 6) is 0.799. The number of aromatic nitrogens is 2. The molecular weight excluding hydrogens is 234 g/mol. The van der Waals surface area contributed by atoms with Gasteiger partial charge < -0.3 is 0 Å². The van der Waals surface area contributed by atoms with E-state index in [1.807, 2.05) is 42.5 Å². The van der Waals surface area contributed by atoms with Crippen molar-refractivity contribution in [3.63, 3.8) is 0 Å². The minimum atomic E-state index is 0.799. The lowest BCUT2D eigenvalue weighted by atomic mass is 10.2. The normalized spacial score (nSPS) is 10.1. The first-order chi connectivity index (χ1) is 9.45. The Morgan fingerprint density at radius 1 is 0.737 bits per heavy atom. The Hall–Kier alpha value is -2.68. The summed E-state index contributed by atoms with van der Waals surface area (Å²) in [6.07, 6.45) is 4.33. The third-order valence-electron chi connectivity index (χ3n) is 2.78. The van der Waals surface area contributed by atoms with Crippen molar-refractivity contribution in [3.8, 4) is 0 Å². The van der Waals surface area contributed by atoms with Gasteiger partial charge in [-0.1, -0.05) is 36.4 Å². The van der Waals surface area contributed by atoms with Crippen LogP contribution in [0.25, 0.3) is 0 Å². The Morgan fingerprint density at radius 2 is 1.32 bits per heavy atom. The molecular formula is C16H12N3. The number of benzene rings is 2. The van der Waals surface area contributed by atoms with Gasteiger partial charge in [0.15, 0.2) is 6.33 Å². The summed E-state index contributed by atoms with van der Waals surface area (Å²) < 4.78 is 0. The lowest BCUT2D eigenvalue weighted by molar-refractivity contribution is 1.10. The Kier molecular flexibility index (Phi) is 3.19. The molecule has 0 saturated carbocycles. The molecule has 0 amide bonds. The number of hydrogen-bond donors (Lipinski definition) is 0. The molecule has 2 aromatic carbocycles. The summed E-state index contributed by atoms with van der Waals surface area (Å²) >= 11 is 0. The number of para-hydroxylation sites is 2. The van der Waals surface area contributed by atoms with Gasteiger partial charge in [-0.3, -0.25) is 4.90 Å². The molecule has 0 saturated heterocycles. The highest BCUT2D eigenvalue weighted by Gasteiger charge is 2.12. The molecule has 1 aromatic heterocycles. The van der Waals surface area contributed by atoms with Crippen LogP contribution in [0.5, 0.6) is 0 Å². The van der Waals surface area contributed by atoms with E-state index in [-0.39, 0.29) is 0 Å². The lowest BCUT2D eigenvalue weighted by Gasteiger charge is -2.23. The van der Waals surface area contributed by atoms with E-state index in [2.05, 4.69) is 45.5 Å². The van der Waals surface area contributed by atoms with Crippen LogP contribution in [0.4, 0.5) is 17.2 Å². The van der Waals surface area contributed by atoms with Crippen LogP contribution >= 0.6 is 0 Å². The van der Waals surface area contributed by atoms with Gasteiger partial charge in [-0.05, 0) is 30.3 Å². The first kappa shape index (κ1) is 11.4. The molecule has 1 heterocycles. The lowest BCUT2D eigenvalue weighted by Crippen LogP contribution is -2.11. The van der Waals surface area contributed by atoms with E-state index in [0.717, 1.165) is 17.2 Å². The molecule has 3 nitrogen and oxygen atoms in total. The van der Waals surface area contributed by atoms with Crippen LogP contribution in [-0.2, 0) is 0 Å². The van der Waals surface area contributed by atoms with Crippen LogP contribution in [0.2, 0.25) is 0 Å². The van der Waals surface area contributed by atoms with Crippen LogP contribution in [0.1, 0.15) is 0 Å². The molecule has 91 valence electrons. The average Bonchev–Trinajstić information content (AvgIpc) is 2.51. The zero-order chi connectivity index (χ0) is 12.9. The molecule has 0 aliphatic rings. The maximum atomic E-state index is 4.22. The van der Waals surface area contributed by atoms with Gasteiger partial charge in [0.1, 0.15) is 5.82 Å². The summed E-state index contributed by atoms with van der Waals surface area (Å²) in [5.41, 5.74) is 2.11. The van der Waals surface area contributed by atoms with Gasteiger partial charge >= 0.3 is 0 Å². The largest absolute Gasteiger partial charge is 0.295 e. The van der Waals surface area contributed by atoms with Crippen LogP contribution < -0.4 is 4.90 Å². The van der Waals surface area contributed by atoms with Crippen LogP contribution in [-0.4, -0.2) is 9.97 Å². The second-order valence-corrected chi connectivity index (χ2v) is 4.02. The molecule has 3 aromatic rings. The van der Waals surface area contributed by atoms with Gasteiger partial charge in [0, 0.05) is 17.6 Å². The Bertz CT molecular complexity index is 530. The molecule has 3 rings (SSSR count). The molecule has 0 N–H and O–H groups in total. The molecule has 0 spiro atoms. The molecule has 0 unspecified atom stereocenters. The van der Waals surface area contributed by atoms with Crippen LogP contribution in [0.15, 0.2) is 72.9 Å². The monoisotopic (exact) mass is 246 g/mol. The van der Waals surface area contributed by atoms with Crippen molar-refractivity contribution in [2.75, 3.05) is 4.90 Å². The van der Waals surface area contributed by atoms with E-state index in [9.17, 15) is 0 Å². The fourth-order valence-corrected chi connectivity index (χ4v) is 1.95. The maximum Gasteiger partial charge on any atom is 0.199 e. The molecule has 0 fully saturated rings. The molecule has 19 heavy (non-hydrogen) atoms. The van der Waals surface area contributed by atoms with Crippen molar-refractivity contribution in [3.05, 3.63) is 79.3 Å². The number of rotatable bonds is 3. The standard InChI is InChI=1S/C16H12N3/c1-3-7-14(8-4-1)19(15-9-5-2-6-10-15)16-11-12-17-13-18-16/h1-12H. The van der Waals surface area contributed by atoms with Crippen LogP contribution in [0.3, 0.4) is 0 Å². The van der Waals surface area contributed by atoms with E-state index < -0.39 is 0 Å². The Morgan fingerprint density at radius 3 is 1.79 bits per heavy atom. The third kappa shape index (κ3) is 2.45. The zero-order valence-corrected chi connectivity index (χ0v) is 10.3. The smallest absolute Gasteiger partial charge is 0.199 e. The van der Waals surface area contributed by atoms with Crippen molar-refractivity contribution in [1.82, 2.24) is 9.97 Å². The number of anilines is 3. The molecule has 0 aliphatic carbocycles. The number of hydrogen-bond acceptors (Lipinski definition) is 3. The summed E-state index contributed by atoms with van der Waals surface area (Å²) in [6.45, 7) is 0. The van der Waals surface area contributed by atoms with Gasteiger partial charge in [-0.25, -0.2) is 9.97 Å². The van der Waals surface area contributed by atoms with Gasteiger partial charge in [0.2, 0.25) is 0 Å². The average molecular weight is 246 g/mol. The highest BCUT2D eigenvalue weighted by Crippen LogP contribution is 2.31. The van der Waals surface area contributed by atoms with E-state index >= 15 is 0 Å². The predicted molar refractivity (Wildman–Crippen MR) is 75.6 cm³/mol. The van der Waals surface area contributed by atoms with Gasteiger partial charge in [0.05, 0.1) is 0 Å². The molecule has 0 aliphatic heterocycles. The molecule has 1 radical (unpaired) electrons. The summed E-state index contributed by atoms with van der Waals surface area (Å²) in [7, 11) is 0. The minimum Gasteiger partial charge on any atom is -0.295 e. The zero-order valence-electron chi connectivity index (χ0n) is 10.3. The Labute approximate surface area is 112 Å². The quantitative estimate of drug-likeness (QED) is 0.704. The van der Waals surface area contributed by atoms with Crippen molar-refractivity contribution < 1.29 is 0 Å². The van der Waals surface area contributed by atoms with E-state index in [0.29, 0.717) is 0 Å². The highest BCUT2D eigenvalue weighted by atomic mass is 15.2. The van der Waals surface area contributed by atoms with Crippen molar-refractivity contribution >= 4 is 17.2 Å². The fourth-order valence-electron chi connectivity index (χ4n) is 1.95. The summed E-state index contributed by atoms with van der Waals surface area (Å²) in [4.78, 5) is 10.1. The van der Waals surface area contributed by atoms with Gasteiger partial charge in [-0.2, -0.15) is 0 Å².